The molecule has 28 heavy (non-hydrogen) atoms. The van der Waals surface area contributed by atoms with Crippen molar-refractivity contribution in [3.63, 3.8) is 0 Å². The number of benzene rings is 1. The Labute approximate surface area is 162 Å². The van der Waals surface area contributed by atoms with Gasteiger partial charge < -0.3 is 24.6 Å². The lowest BCUT2D eigenvalue weighted by Gasteiger charge is -2.25. The van der Waals surface area contributed by atoms with Crippen molar-refractivity contribution in [2.24, 2.45) is 7.05 Å². The van der Waals surface area contributed by atoms with Gasteiger partial charge in [-0.15, -0.1) is 0 Å². The average Bonchev–Trinajstić information content (AvgIpc) is 3.39. The molecule has 1 saturated heterocycles. The number of hydrogen-bond acceptors (Lipinski definition) is 5. The van der Waals surface area contributed by atoms with Gasteiger partial charge in [-0.1, -0.05) is 6.07 Å². The number of nitrogens with zero attached hydrogens (tertiary/aromatic N) is 4. The predicted octanol–water partition coefficient (Wildman–Crippen LogP) is 1.12. The molecule has 3 amide bonds. The molecule has 0 spiro atoms. The smallest absolute Gasteiger partial charge is 0.317 e. The van der Waals surface area contributed by atoms with Crippen LogP contribution in [0.5, 0.6) is 11.5 Å². The van der Waals surface area contributed by atoms with Crippen molar-refractivity contribution in [1.29, 1.82) is 0 Å². The number of urea groups is 1. The minimum Gasteiger partial charge on any atom is -0.454 e. The quantitative estimate of drug-likeness (QED) is 0.805. The Kier molecular flexibility index (Phi) is 4.81. The molecular weight excluding hydrogens is 362 g/mol. The minimum atomic E-state index is -0.166. The van der Waals surface area contributed by atoms with Crippen LogP contribution in [0.2, 0.25) is 0 Å². The predicted molar refractivity (Wildman–Crippen MR) is 100 cm³/mol. The Bertz CT molecular complexity index is 890. The topological polar surface area (TPSA) is 88.9 Å². The zero-order valence-electron chi connectivity index (χ0n) is 16.0. The van der Waals surface area contributed by atoms with E-state index in [9.17, 15) is 9.59 Å². The zero-order chi connectivity index (χ0) is 19.7. The van der Waals surface area contributed by atoms with Gasteiger partial charge in [-0.3, -0.25) is 9.48 Å². The van der Waals surface area contributed by atoms with Crippen molar-refractivity contribution in [3.05, 3.63) is 41.2 Å². The van der Waals surface area contributed by atoms with Crippen molar-refractivity contribution in [2.75, 3.05) is 33.0 Å². The first-order valence-corrected chi connectivity index (χ1v) is 9.22. The number of rotatable bonds is 6. The fourth-order valence-corrected chi connectivity index (χ4v) is 3.31. The lowest BCUT2D eigenvalue weighted by Crippen LogP contribution is -2.39. The molecule has 9 heteroatoms. The number of fused-ring (bicyclic) bond motifs is 1. The van der Waals surface area contributed by atoms with E-state index in [2.05, 4.69) is 10.4 Å². The summed E-state index contributed by atoms with van der Waals surface area (Å²) in [5.74, 6) is 1.22. The fourth-order valence-electron chi connectivity index (χ4n) is 3.31. The fraction of sp³-hybridized carbons (Fsp3) is 0.421. The molecule has 2 aliphatic rings. The SMILES string of the molecule is Cc1cc(C(=O)N(CCN2CCNC2=O)Cc2ccc3c(c2)OCO3)nn1C. The Morgan fingerprint density at radius 1 is 1.29 bits per heavy atom. The van der Waals surface area contributed by atoms with Gasteiger partial charge >= 0.3 is 6.03 Å². The number of carbonyl (C=O) groups excluding carboxylic acids is 2. The molecule has 2 aromatic rings. The van der Waals surface area contributed by atoms with E-state index in [1.807, 2.05) is 32.2 Å². The van der Waals surface area contributed by atoms with Crippen LogP contribution >= 0.6 is 0 Å². The number of hydrogen-bond donors (Lipinski definition) is 1. The van der Waals surface area contributed by atoms with Gasteiger partial charge in [0.15, 0.2) is 17.2 Å². The van der Waals surface area contributed by atoms with E-state index in [0.29, 0.717) is 49.9 Å². The number of aryl methyl sites for hydroxylation is 2. The van der Waals surface area contributed by atoms with E-state index in [-0.39, 0.29) is 18.7 Å². The lowest BCUT2D eigenvalue weighted by molar-refractivity contribution is 0.0724. The van der Waals surface area contributed by atoms with E-state index in [1.165, 1.54) is 0 Å². The van der Waals surface area contributed by atoms with Crippen molar-refractivity contribution in [3.8, 4) is 11.5 Å². The van der Waals surface area contributed by atoms with Gasteiger partial charge in [0.05, 0.1) is 0 Å². The van der Waals surface area contributed by atoms with Gasteiger partial charge in [-0.05, 0) is 30.7 Å². The van der Waals surface area contributed by atoms with E-state index in [4.69, 9.17) is 9.47 Å². The third-order valence-corrected chi connectivity index (χ3v) is 5.02. The second-order valence-electron chi connectivity index (χ2n) is 6.93. The van der Waals surface area contributed by atoms with Gasteiger partial charge in [0.1, 0.15) is 0 Å². The highest BCUT2D eigenvalue weighted by atomic mass is 16.7. The van der Waals surface area contributed by atoms with E-state index < -0.39 is 0 Å². The summed E-state index contributed by atoms with van der Waals surface area (Å²) in [6.07, 6.45) is 0. The van der Waals surface area contributed by atoms with Crippen LogP contribution in [0.1, 0.15) is 21.7 Å². The zero-order valence-corrected chi connectivity index (χ0v) is 16.0. The molecule has 1 aromatic carbocycles. The van der Waals surface area contributed by atoms with Crippen molar-refractivity contribution in [2.45, 2.75) is 13.5 Å². The largest absolute Gasteiger partial charge is 0.454 e. The van der Waals surface area contributed by atoms with Crippen LogP contribution in [0, 0.1) is 6.92 Å². The molecule has 1 N–H and O–H groups in total. The molecule has 148 valence electrons. The molecule has 9 nitrogen and oxygen atoms in total. The summed E-state index contributed by atoms with van der Waals surface area (Å²) in [6, 6.07) is 7.33. The summed E-state index contributed by atoms with van der Waals surface area (Å²) in [5.41, 5.74) is 2.23. The standard InChI is InChI=1S/C19H23N5O4/c1-13-9-15(21-22(13)2)18(25)24(8-7-23-6-5-20-19(23)26)11-14-3-4-16-17(10-14)28-12-27-16/h3-4,9-10H,5-8,11-12H2,1-2H3,(H,20,26). The molecule has 0 atom stereocenters. The van der Waals surface area contributed by atoms with E-state index in [0.717, 1.165) is 11.3 Å². The van der Waals surface area contributed by atoms with Crippen molar-refractivity contribution in [1.82, 2.24) is 24.9 Å². The van der Waals surface area contributed by atoms with Crippen LogP contribution in [0.15, 0.2) is 24.3 Å². The first-order chi connectivity index (χ1) is 13.5. The molecule has 0 aliphatic carbocycles. The molecule has 0 unspecified atom stereocenters. The van der Waals surface area contributed by atoms with Crippen LogP contribution in [-0.4, -0.2) is 64.5 Å². The van der Waals surface area contributed by atoms with Gasteiger partial charge in [0, 0.05) is 45.5 Å². The molecule has 0 radical (unpaired) electrons. The number of carbonyl (C=O) groups is 2. The summed E-state index contributed by atoms with van der Waals surface area (Å²) >= 11 is 0. The number of nitrogens with one attached hydrogen (secondary N) is 1. The third kappa shape index (κ3) is 3.60. The maximum atomic E-state index is 13.1. The first kappa shape index (κ1) is 18.1. The second kappa shape index (κ2) is 7.41. The first-order valence-electron chi connectivity index (χ1n) is 9.22. The van der Waals surface area contributed by atoms with E-state index >= 15 is 0 Å². The van der Waals surface area contributed by atoms with Gasteiger partial charge in [-0.25, -0.2) is 4.79 Å². The molecule has 2 aliphatic heterocycles. The highest BCUT2D eigenvalue weighted by Crippen LogP contribution is 2.32. The van der Waals surface area contributed by atoms with Crippen molar-refractivity contribution < 1.29 is 19.1 Å². The number of amides is 3. The number of ether oxygens (including phenoxy) is 2. The maximum Gasteiger partial charge on any atom is 0.317 e. The Hall–Kier alpha value is -3.23. The van der Waals surface area contributed by atoms with Crippen LogP contribution in [0.3, 0.4) is 0 Å². The van der Waals surface area contributed by atoms with Gasteiger partial charge in [0.2, 0.25) is 6.79 Å². The maximum absolute atomic E-state index is 13.1. The highest BCUT2D eigenvalue weighted by molar-refractivity contribution is 5.92. The molecule has 0 bridgehead atoms. The monoisotopic (exact) mass is 385 g/mol. The summed E-state index contributed by atoms with van der Waals surface area (Å²) in [5, 5.41) is 7.09. The van der Waals surface area contributed by atoms with Crippen molar-refractivity contribution >= 4 is 11.9 Å². The Balaban J connectivity index is 1.53. The summed E-state index contributed by atoms with van der Waals surface area (Å²) in [4.78, 5) is 28.4. The summed E-state index contributed by atoms with van der Waals surface area (Å²) in [6.45, 7) is 4.66. The summed E-state index contributed by atoms with van der Waals surface area (Å²) in [7, 11) is 1.81. The summed E-state index contributed by atoms with van der Waals surface area (Å²) < 4.78 is 12.5. The van der Waals surface area contributed by atoms with Crippen LogP contribution in [0.25, 0.3) is 0 Å². The highest BCUT2D eigenvalue weighted by Gasteiger charge is 2.24. The minimum absolute atomic E-state index is 0.0934. The second-order valence-corrected chi connectivity index (χ2v) is 6.93. The Morgan fingerprint density at radius 2 is 2.11 bits per heavy atom. The molecule has 4 rings (SSSR count). The van der Waals surface area contributed by atoms with Gasteiger partial charge in [0.25, 0.3) is 5.91 Å². The van der Waals surface area contributed by atoms with Crippen LogP contribution in [0.4, 0.5) is 4.79 Å². The normalized spacial score (nSPS) is 15.1. The molecule has 1 fully saturated rings. The molecule has 0 saturated carbocycles. The van der Waals surface area contributed by atoms with E-state index in [1.54, 1.807) is 20.5 Å². The Morgan fingerprint density at radius 3 is 2.82 bits per heavy atom. The van der Waals surface area contributed by atoms with Gasteiger partial charge in [-0.2, -0.15) is 5.10 Å². The molecule has 1 aromatic heterocycles. The number of aromatic nitrogens is 2. The molecule has 3 heterocycles. The van der Waals surface area contributed by atoms with Crippen LogP contribution < -0.4 is 14.8 Å². The van der Waals surface area contributed by atoms with Crippen LogP contribution in [-0.2, 0) is 13.6 Å². The third-order valence-electron chi connectivity index (χ3n) is 5.02. The lowest BCUT2D eigenvalue weighted by atomic mass is 10.1. The molecular formula is C19H23N5O4. The average molecular weight is 385 g/mol.